The summed E-state index contributed by atoms with van der Waals surface area (Å²) in [6.45, 7) is 3.79. The van der Waals surface area contributed by atoms with Gasteiger partial charge >= 0.3 is 0 Å². The van der Waals surface area contributed by atoms with E-state index in [-0.39, 0.29) is 17.9 Å². The van der Waals surface area contributed by atoms with Crippen LogP contribution in [0.4, 0.5) is 0 Å². The van der Waals surface area contributed by atoms with E-state index in [0.29, 0.717) is 6.04 Å². The highest BCUT2D eigenvalue weighted by molar-refractivity contribution is 9.10. The van der Waals surface area contributed by atoms with E-state index in [1.165, 1.54) is 16.7 Å². The number of benzene rings is 1. The molecule has 2 aromatic rings. The number of fused-ring (bicyclic) bond motifs is 2. The number of carbonyl (C=O) groups is 1. The van der Waals surface area contributed by atoms with Crippen LogP contribution in [0.2, 0.25) is 5.02 Å². The van der Waals surface area contributed by atoms with Gasteiger partial charge in [0.1, 0.15) is 0 Å². The Morgan fingerprint density at radius 1 is 1.09 bits per heavy atom. The van der Waals surface area contributed by atoms with E-state index in [1.807, 2.05) is 12.3 Å². The van der Waals surface area contributed by atoms with Crippen molar-refractivity contribution in [3.63, 3.8) is 0 Å². The molecule has 3 heterocycles. The minimum atomic E-state index is 0.106. The van der Waals surface area contributed by atoms with Crippen LogP contribution in [0.1, 0.15) is 54.1 Å². The SMILES string of the molecule is O=C(NC1CCNCC1)C1CCN(C2c3ccc(Cl)cc3CCc3cc(Br)cnc32)CC1. The highest BCUT2D eigenvalue weighted by atomic mass is 79.9. The Balaban J connectivity index is 1.35. The molecule has 0 bridgehead atoms. The molecule has 3 aliphatic rings. The first-order chi connectivity index (χ1) is 15.6. The first-order valence-corrected chi connectivity index (χ1v) is 12.9. The molecule has 0 radical (unpaired) electrons. The van der Waals surface area contributed by atoms with Crippen molar-refractivity contribution in [1.29, 1.82) is 0 Å². The number of amides is 1. The minimum absolute atomic E-state index is 0.106. The lowest BCUT2D eigenvalue weighted by Crippen LogP contribution is -2.47. The molecular weight excluding hydrogens is 488 g/mol. The summed E-state index contributed by atoms with van der Waals surface area (Å²) >= 11 is 9.95. The Hall–Kier alpha value is -1.47. The molecule has 5 rings (SSSR count). The number of nitrogens with zero attached hydrogens (tertiary/aromatic N) is 2. The monoisotopic (exact) mass is 516 g/mol. The normalized spacial score (nSPS) is 22.6. The molecule has 7 heteroatoms. The Kier molecular flexibility index (Phi) is 6.84. The molecule has 2 fully saturated rings. The van der Waals surface area contributed by atoms with Gasteiger partial charge in [-0.05, 0) is 116 Å². The zero-order valence-corrected chi connectivity index (χ0v) is 20.6. The summed E-state index contributed by atoms with van der Waals surface area (Å²) < 4.78 is 1.02. The number of aromatic nitrogens is 1. The van der Waals surface area contributed by atoms with E-state index in [4.69, 9.17) is 16.6 Å². The van der Waals surface area contributed by atoms with E-state index < -0.39 is 0 Å². The third-order valence-corrected chi connectivity index (χ3v) is 7.91. The summed E-state index contributed by atoms with van der Waals surface area (Å²) in [4.78, 5) is 20.3. The number of rotatable bonds is 3. The van der Waals surface area contributed by atoms with Crippen LogP contribution in [0.5, 0.6) is 0 Å². The maximum Gasteiger partial charge on any atom is 0.223 e. The molecule has 0 spiro atoms. The van der Waals surface area contributed by atoms with Crippen LogP contribution >= 0.6 is 27.5 Å². The smallest absolute Gasteiger partial charge is 0.223 e. The van der Waals surface area contributed by atoms with Crippen molar-refractivity contribution in [2.45, 2.75) is 50.6 Å². The van der Waals surface area contributed by atoms with E-state index in [0.717, 1.165) is 79.9 Å². The van der Waals surface area contributed by atoms with Crippen molar-refractivity contribution in [2.24, 2.45) is 5.92 Å². The van der Waals surface area contributed by atoms with Crippen LogP contribution in [0.25, 0.3) is 0 Å². The molecule has 2 N–H and O–H groups in total. The highest BCUT2D eigenvalue weighted by Gasteiger charge is 2.34. The van der Waals surface area contributed by atoms with Crippen LogP contribution in [-0.2, 0) is 17.6 Å². The van der Waals surface area contributed by atoms with Gasteiger partial charge in [0, 0.05) is 27.7 Å². The maximum atomic E-state index is 12.9. The van der Waals surface area contributed by atoms with Crippen LogP contribution in [0.3, 0.4) is 0 Å². The van der Waals surface area contributed by atoms with Crippen molar-refractivity contribution in [3.05, 3.63) is 62.3 Å². The Morgan fingerprint density at radius 2 is 1.84 bits per heavy atom. The van der Waals surface area contributed by atoms with Gasteiger partial charge in [-0.25, -0.2) is 0 Å². The van der Waals surface area contributed by atoms with Crippen LogP contribution < -0.4 is 10.6 Å². The number of nitrogens with one attached hydrogen (secondary N) is 2. The molecule has 32 heavy (non-hydrogen) atoms. The van der Waals surface area contributed by atoms with Gasteiger partial charge in [0.15, 0.2) is 0 Å². The molecule has 5 nitrogen and oxygen atoms in total. The molecule has 1 aromatic heterocycles. The Morgan fingerprint density at radius 3 is 2.62 bits per heavy atom. The summed E-state index contributed by atoms with van der Waals surface area (Å²) in [5, 5.41) is 7.46. The van der Waals surface area contributed by atoms with E-state index in [2.05, 4.69) is 49.7 Å². The minimum Gasteiger partial charge on any atom is -0.353 e. The van der Waals surface area contributed by atoms with E-state index in [9.17, 15) is 4.79 Å². The fraction of sp³-hybridized carbons (Fsp3) is 0.520. The third kappa shape index (κ3) is 4.74. The Labute approximate surface area is 203 Å². The topological polar surface area (TPSA) is 57.3 Å². The number of hydrogen-bond donors (Lipinski definition) is 2. The number of carbonyl (C=O) groups excluding carboxylic acids is 1. The predicted molar refractivity (Wildman–Crippen MR) is 131 cm³/mol. The zero-order valence-electron chi connectivity index (χ0n) is 18.2. The van der Waals surface area contributed by atoms with Gasteiger partial charge in [-0.3, -0.25) is 14.7 Å². The summed E-state index contributed by atoms with van der Waals surface area (Å²) in [5.41, 5.74) is 5.05. The molecule has 1 atom stereocenters. The second kappa shape index (κ2) is 9.80. The lowest BCUT2D eigenvalue weighted by atomic mass is 9.90. The number of halogens is 2. The summed E-state index contributed by atoms with van der Waals surface area (Å²) in [5.74, 6) is 0.348. The number of pyridine rings is 1. The lowest BCUT2D eigenvalue weighted by Gasteiger charge is -2.38. The average Bonchev–Trinajstić information content (AvgIpc) is 2.96. The molecule has 170 valence electrons. The number of aryl methyl sites for hydroxylation is 2. The van der Waals surface area contributed by atoms with Gasteiger partial charge in [0.25, 0.3) is 0 Å². The fourth-order valence-electron chi connectivity index (χ4n) is 5.49. The van der Waals surface area contributed by atoms with Crippen molar-refractivity contribution in [3.8, 4) is 0 Å². The molecular formula is C25H30BrClN4O. The van der Waals surface area contributed by atoms with Gasteiger partial charge < -0.3 is 10.6 Å². The van der Waals surface area contributed by atoms with Gasteiger partial charge in [-0.15, -0.1) is 0 Å². The molecule has 1 aromatic carbocycles. The van der Waals surface area contributed by atoms with Crippen molar-refractivity contribution in [2.75, 3.05) is 26.2 Å². The number of piperidine rings is 2. The zero-order chi connectivity index (χ0) is 22.1. The molecule has 1 aliphatic carbocycles. The molecule has 2 saturated heterocycles. The van der Waals surface area contributed by atoms with Crippen molar-refractivity contribution >= 4 is 33.4 Å². The second-order valence-electron chi connectivity index (χ2n) is 9.29. The fourth-order valence-corrected chi connectivity index (χ4v) is 6.06. The van der Waals surface area contributed by atoms with E-state index in [1.54, 1.807) is 0 Å². The molecule has 2 aliphatic heterocycles. The van der Waals surface area contributed by atoms with Crippen LogP contribution in [0.15, 0.2) is 34.9 Å². The predicted octanol–water partition coefficient (Wildman–Crippen LogP) is 4.27. The molecule has 1 amide bonds. The average molecular weight is 518 g/mol. The highest BCUT2D eigenvalue weighted by Crippen LogP contribution is 2.39. The summed E-state index contributed by atoms with van der Waals surface area (Å²) in [6, 6.07) is 8.94. The Bertz CT molecular complexity index is 932. The van der Waals surface area contributed by atoms with Crippen molar-refractivity contribution < 1.29 is 4.79 Å². The van der Waals surface area contributed by atoms with Crippen molar-refractivity contribution in [1.82, 2.24) is 20.5 Å². The van der Waals surface area contributed by atoms with E-state index >= 15 is 0 Å². The largest absolute Gasteiger partial charge is 0.353 e. The molecule has 0 saturated carbocycles. The summed E-state index contributed by atoms with van der Waals surface area (Å²) in [6.07, 6.45) is 7.68. The quantitative estimate of drug-likeness (QED) is 0.639. The van der Waals surface area contributed by atoms with Gasteiger partial charge in [0.2, 0.25) is 5.91 Å². The standard InChI is InChI=1S/C25H30BrClN4O/c26-19-13-18-2-1-17-14-20(27)3-4-22(17)24(23(18)29-15-19)31-11-7-16(8-12-31)25(32)30-21-5-9-28-10-6-21/h3-4,13-16,21,24,28H,1-2,5-12H2,(H,30,32). The summed E-state index contributed by atoms with van der Waals surface area (Å²) in [7, 11) is 0. The first-order valence-electron chi connectivity index (χ1n) is 11.8. The maximum absolute atomic E-state index is 12.9. The first kappa shape index (κ1) is 22.3. The van der Waals surface area contributed by atoms with Crippen LogP contribution in [0, 0.1) is 5.92 Å². The van der Waals surface area contributed by atoms with Gasteiger partial charge in [-0.2, -0.15) is 0 Å². The second-order valence-corrected chi connectivity index (χ2v) is 10.6. The number of hydrogen-bond acceptors (Lipinski definition) is 4. The van der Waals surface area contributed by atoms with Gasteiger partial charge in [0.05, 0.1) is 11.7 Å². The van der Waals surface area contributed by atoms with Crippen LogP contribution in [-0.4, -0.2) is 48.0 Å². The third-order valence-electron chi connectivity index (χ3n) is 7.24. The van der Waals surface area contributed by atoms with Gasteiger partial charge in [-0.1, -0.05) is 17.7 Å². The molecule has 1 unspecified atom stereocenters. The lowest BCUT2D eigenvalue weighted by molar-refractivity contribution is -0.127. The number of likely N-dealkylation sites (tertiary alicyclic amines) is 1.